The van der Waals surface area contributed by atoms with Crippen molar-refractivity contribution in [1.82, 2.24) is 14.9 Å². The second-order valence-electron chi connectivity index (χ2n) is 5.85. The fourth-order valence-electron chi connectivity index (χ4n) is 2.75. The molecule has 3 rings (SSSR count). The fraction of sp³-hybridized carbons (Fsp3) is 0.263. The number of amides is 1. The van der Waals surface area contributed by atoms with Crippen LogP contribution < -0.4 is 0 Å². The Morgan fingerprint density at radius 3 is 2.24 bits per heavy atom. The minimum absolute atomic E-state index is 0.0657. The van der Waals surface area contributed by atoms with Crippen molar-refractivity contribution in [2.45, 2.75) is 19.8 Å². The van der Waals surface area contributed by atoms with E-state index in [1.807, 2.05) is 31.2 Å². The van der Waals surface area contributed by atoms with Gasteiger partial charge in [0.15, 0.2) is 0 Å². The average Bonchev–Trinajstić information content (AvgIpc) is 2.62. The molecule has 0 aliphatic rings. The van der Waals surface area contributed by atoms with E-state index in [2.05, 4.69) is 9.97 Å². The molecular formula is C19H19N3O3. The minimum Gasteiger partial charge on any atom is -0.481 e. The van der Waals surface area contributed by atoms with Gasteiger partial charge in [-0.05, 0) is 36.8 Å². The molecule has 0 spiro atoms. The number of carbonyl (C=O) groups is 2. The van der Waals surface area contributed by atoms with Crippen LogP contribution in [0.2, 0.25) is 0 Å². The van der Waals surface area contributed by atoms with E-state index in [-0.39, 0.29) is 18.9 Å². The summed E-state index contributed by atoms with van der Waals surface area (Å²) in [5.41, 5.74) is 3.46. The number of carboxylic acid groups (broad SMARTS) is 1. The highest BCUT2D eigenvalue weighted by atomic mass is 16.4. The molecule has 3 aromatic rings. The third-order valence-corrected chi connectivity index (χ3v) is 3.96. The molecule has 1 N–H and O–H groups in total. The summed E-state index contributed by atoms with van der Waals surface area (Å²) in [5.74, 6) is -1.09. The van der Waals surface area contributed by atoms with Crippen molar-refractivity contribution in [3.05, 3.63) is 48.0 Å². The number of fused-ring (bicyclic) bond motifs is 2. The van der Waals surface area contributed by atoms with Crippen molar-refractivity contribution in [3.8, 4) is 0 Å². The lowest BCUT2D eigenvalue weighted by atomic mass is 10.1. The molecule has 128 valence electrons. The largest absolute Gasteiger partial charge is 0.481 e. The highest BCUT2D eigenvalue weighted by Crippen LogP contribution is 2.18. The average molecular weight is 337 g/mol. The van der Waals surface area contributed by atoms with E-state index in [4.69, 9.17) is 5.11 Å². The zero-order chi connectivity index (χ0) is 17.8. The molecule has 1 aromatic heterocycles. The lowest BCUT2D eigenvalue weighted by Gasteiger charge is -2.21. The van der Waals surface area contributed by atoms with Crippen LogP contribution in [0.5, 0.6) is 0 Å². The van der Waals surface area contributed by atoms with Crippen LogP contribution in [0.4, 0.5) is 0 Å². The van der Waals surface area contributed by atoms with Crippen LogP contribution in [0, 0.1) is 0 Å². The van der Waals surface area contributed by atoms with Crippen LogP contribution in [0.3, 0.4) is 0 Å². The van der Waals surface area contributed by atoms with Gasteiger partial charge in [-0.2, -0.15) is 0 Å². The molecule has 0 radical (unpaired) electrons. The lowest BCUT2D eigenvalue weighted by Crippen LogP contribution is -2.33. The number of aliphatic carboxylic acids is 1. The van der Waals surface area contributed by atoms with Crippen LogP contribution >= 0.6 is 0 Å². The maximum absolute atomic E-state index is 12.7. The first kappa shape index (κ1) is 16.8. The van der Waals surface area contributed by atoms with E-state index in [0.29, 0.717) is 17.6 Å². The number of aromatic nitrogens is 2. The smallest absolute Gasteiger partial charge is 0.305 e. The van der Waals surface area contributed by atoms with Crippen molar-refractivity contribution in [3.63, 3.8) is 0 Å². The number of nitrogens with zero attached hydrogens (tertiary/aromatic N) is 3. The normalized spacial score (nSPS) is 10.9. The Kier molecular flexibility index (Phi) is 4.88. The molecule has 25 heavy (non-hydrogen) atoms. The molecule has 6 nitrogen and oxygen atoms in total. The van der Waals surface area contributed by atoms with Crippen LogP contribution in [0.25, 0.3) is 22.1 Å². The topological polar surface area (TPSA) is 83.4 Å². The van der Waals surface area contributed by atoms with Gasteiger partial charge in [-0.15, -0.1) is 0 Å². The summed E-state index contributed by atoms with van der Waals surface area (Å²) in [6.45, 7) is 2.68. The Bertz CT molecular complexity index is 939. The van der Waals surface area contributed by atoms with Crippen LogP contribution in [0.15, 0.2) is 42.5 Å². The van der Waals surface area contributed by atoms with Crippen LogP contribution in [-0.4, -0.2) is 44.9 Å². The van der Waals surface area contributed by atoms with E-state index >= 15 is 0 Å². The Hall–Kier alpha value is -3.02. The van der Waals surface area contributed by atoms with Gasteiger partial charge < -0.3 is 10.0 Å². The number of rotatable bonds is 6. The number of benzene rings is 2. The monoisotopic (exact) mass is 337 g/mol. The Labute approximate surface area is 145 Å². The Balaban J connectivity index is 1.94. The third-order valence-electron chi connectivity index (χ3n) is 3.96. The van der Waals surface area contributed by atoms with E-state index < -0.39 is 5.97 Å². The van der Waals surface area contributed by atoms with Crippen LogP contribution in [0.1, 0.15) is 30.1 Å². The number of carboxylic acids is 1. The second-order valence-corrected chi connectivity index (χ2v) is 5.85. The quantitative estimate of drug-likeness (QED) is 0.699. The fourth-order valence-corrected chi connectivity index (χ4v) is 2.75. The molecule has 0 atom stereocenters. The van der Waals surface area contributed by atoms with Gasteiger partial charge in [0, 0.05) is 18.7 Å². The van der Waals surface area contributed by atoms with Gasteiger partial charge in [0.25, 0.3) is 5.91 Å². The molecule has 1 heterocycles. The molecule has 0 fully saturated rings. The number of carbonyl (C=O) groups excluding carboxylic acids is 1. The van der Waals surface area contributed by atoms with E-state index in [1.165, 1.54) is 0 Å². The summed E-state index contributed by atoms with van der Waals surface area (Å²) in [6.07, 6.45) is 0.702. The number of para-hydroxylation sites is 2. The number of hydrogen-bond acceptors (Lipinski definition) is 4. The molecule has 0 saturated heterocycles. The molecule has 0 unspecified atom stereocenters. The van der Waals surface area contributed by atoms with Crippen molar-refractivity contribution in [2.75, 3.05) is 13.1 Å². The first-order valence-electron chi connectivity index (χ1n) is 8.26. The van der Waals surface area contributed by atoms with E-state index in [9.17, 15) is 9.59 Å². The molecule has 6 heteroatoms. The highest BCUT2D eigenvalue weighted by Gasteiger charge is 2.17. The third kappa shape index (κ3) is 3.74. The van der Waals surface area contributed by atoms with E-state index in [0.717, 1.165) is 23.0 Å². The van der Waals surface area contributed by atoms with Crippen molar-refractivity contribution >= 4 is 33.9 Å². The summed E-state index contributed by atoms with van der Waals surface area (Å²) in [7, 11) is 0. The maximum atomic E-state index is 12.7. The highest BCUT2D eigenvalue weighted by molar-refractivity contribution is 5.98. The molecule has 1 amide bonds. The Morgan fingerprint density at radius 1 is 0.960 bits per heavy atom. The van der Waals surface area contributed by atoms with Gasteiger partial charge in [0.05, 0.1) is 28.5 Å². The standard InChI is InChI=1S/C19H19N3O3/c1-2-10-22(11-9-18(23)24)19(25)13-7-8-16-17(12-13)21-15-6-4-3-5-14(15)20-16/h3-8,12H,2,9-11H2,1H3,(H,23,24). The summed E-state index contributed by atoms with van der Waals surface area (Å²) >= 11 is 0. The Morgan fingerprint density at radius 2 is 1.60 bits per heavy atom. The molecule has 2 aromatic carbocycles. The lowest BCUT2D eigenvalue weighted by molar-refractivity contribution is -0.137. The van der Waals surface area contributed by atoms with Crippen molar-refractivity contribution in [1.29, 1.82) is 0 Å². The molecule has 0 bridgehead atoms. The van der Waals surface area contributed by atoms with Gasteiger partial charge in [-0.1, -0.05) is 19.1 Å². The van der Waals surface area contributed by atoms with Gasteiger partial charge in [-0.3, -0.25) is 9.59 Å². The molecule has 0 aliphatic carbocycles. The van der Waals surface area contributed by atoms with Crippen molar-refractivity contribution in [2.24, 2.45) is 0 Å². The number of hydrogen-bond donors (Lipinski definition) is 1. The first-order valence-corrected chi connectivity index (χ1v) is 8.26. The predicted octanol–water partition coefficient (Wildman–Crippen LogP) is 3.11. The SMILES string of the molecule is CCCN(CCC(=O)O)C(=O)c1ccc2nc3ccccc3nc2c1. The van der Waals surface area contributed by atoms with Gasteiger partial charge in [-0.25, -0.2) is 9.97 Å². The summed E-state index contributed by atoms with van der Waals surface area (Å²) in [6, 6.07) is 12.8. The summed E-state index contributed by atoms with van der Waals surface area (Å²) in [5, 5.41) is 8.87. The van der Waals surface area contributed by atoms with Crippen LogP contribution in [-0.2, 0) is 4.79 Å². The van der Waals surface area contributed by atoms with Gasteiger partial charge in [0.1, 0.15) is 0 Å². The zero-order valence-corrected chi connectivity index (χ0v) is 14.0. The molecule has 0 aliphatic heterocycles. The predicted molar refractivity (Wildman–Crippen MR) is 95.5 cm³/mol. The summed E-state index contributed by atoms with van der Waals surface area (Å²) in [4.78, 5) is 34.2. The van der Waals surface area contributed by atoms with E-state index in [1.54, 1.807) is 23.1 Å². The van der Waals surface area contributed by atoms with Crippen molar-refractivity contribution < 1.29 is 14.7 Å². The summed E-state index contributed by atoms with van der Waals surface area (Å²) < 4.78 is 0. The molecular weight excluding hydrogens is 318 g/mol. The second kappa shape index (κ2) is 7.25. The molecule has 0 saturated carbocycles. The minimum atomic E-state index is -0.912. The van der Waals surface area contributed by atoms with Gasteiger partial charge in [0.2, 0.25) is 0 Å². The van der Waals surface area contributed by atoms with Gasteiger partial charge >= 0.3 is 5.97 Å². The first-order chi connectivity index (χ1) is 12.1. The maximum Gasteiger partial charge on any atom is 0.305 e. The zero-order valence-electron chi connectivity index (χ0n) is 14.0.